The predicted octanol–water partition coefficient (Wildman–Crippen LogP) is 4.12. The van der Waals surface area contributed by atoms with Crippen molar-refractivity contribution in [2.45, 2.75) is 43.3 Å². The first-order valence-corrected chi connectivity index (χ1v) is 15.3. The number of amides is 1. The SMILES string of the molecule is Cc1c(F)cccc1-c1cc(Br)ccc1S(=O)(=O)N1CCC(F)(C(=O)N[C@H](C)/C=C\S(C)(=O)=O)CC1. The molecule has 0 radical (unpaired) electrons. The second-order valence-corrected chi connectivity index (χ2v) is 13.6. The van der Waals surface area contributed by atoms with Crippen LogP contribution >= 0.6 is 15.9 Å². The van der Waals surface area contributed by atoms with Crippen molar-refractivity contribution in [1.82, 2.24) is 9.62 Å². The fourth-order valence-corrected chi connectivity index (χ4v) is 6.44. The van der Waals surface area contributed by atoms with Gasteiger partial charge >= 0.3 is 0 Å². The molecule has 1 saturated heterocycles. The van der Waals surface area contributed by atoms with Crippen molar-refractivity contribution in [1.29, 1.82) is 0 Å². The second-order valence-electron chi connectivity index (χ2n) is 8.84. The molecule has 36 heavy (non-hydrogen) atoms. The summed E-state index contributed by atoms with van der Waals surface area (Å²) < 4.78 is 81.0. The maximum absolute atomic E-state index is 15.4. The number of carbonyl (C=O) groups is 1. The zero-order chi connectivity index (χ0) is 26.9. The number of halogens is 3. The van der Waals surface area contributed by atoms with Crippen molar-refractivity contribution in [3.63, 3.8) is 0 Å². The summed E-state index contributed by atoms with van der Waals surface area (Å²) in [5, 5.41) is 3.35. The molecule has 7 nitrogen and oxygen atoms in total. The number of benzene rings is 2. The Kier molecular flexibility index (Phi) is 8.43. The van der Waals surface area contributed by atoms with Crippen LogP contribution in [-0.4, -0.2) is 58.1 Å². The fraction of sp³-hybridized carbons (Fsp3) is 0.375. The van der Waals surface area contributed by atoms with Crippen LogP contribution < -0.4 is 5.32 Å². The van der Waals surface area contributed by atoms with Crippen molar-refractivity contribution in [2.24, 2.45) is 0 Å². The molecule has 1 fully saturated rings. The number of carbonyl (C=O) groups excluding carboxylic acids is 1. The van der Waals surface area contributed by atoms with E-state index in [9.17, 15) is 26.0 Å². The van der Waals surface area contributed by atoms with Crippen LogP contribution in [0.1, 0.15) is 25.3 Å². The van der Waals surface area contributed by atoms with Crippen molar-refractivity contribution in [3.05, 3.63) is 63.7 Å². The van der Waals surface area contributed by atoms with E-state index in [1.807, 2.05) is 0 Å². The summed E-state index contributed by atoms with van der Waals surface area (Å²) in [5.74, 6) is -1.40. The molecule has 2 aromatic carbocycles. The lowest BCUT2D eigenvalue weighted by Gasteiger charge is -2.35. The van der Waals surface area contributed by atoms with Gasteiger partial charge in [0.25, 0.3) is 5.91 Å². The van der Waals surface area contributed by atoms with Gasteiger partial charge in [0.15, 0.2) is 15.5 Å². The van der Waals surface area contributed by atoms with Crippen LogP contribution in [0, 0.1) is 12.7 Å². The average Bonchev–Trinajstić information content (AvgIpc) is 2.79. The maximum atomic E-state index is 15.4. The second kappa shape index (κ2) is 10.7. The summed E-state index contributed by atoms with van der Waals surface area (Å²) in [6.45, 7) is 2.59. The lowest BCUT2D eigenvalue weighted by atomic mass is 9.93. The van der Waals surface area contributed by atoms with Gasteiger partial charge in [0.1, 0.15) is 5.82 Å². The van der Waals surface area contributed by atoms with Crippen LogP contribution in [0.25, 0.3) is 11.1 Å². The lowest BCUT2D eigenvalue weighted by molar-refractivity contribution is -0.135. The van der Waals surface area contributed by atoms with Crippen molar-refractivity contribution in [3.8, 4) is 11.1 Å². The smallest absolute Gasteiger partial charge is 0.258 e. The molecule has 1 amide bonds. The highest BCUT2D eigenvalue weighted by atomic mass is 79.9. The quantitative estimate of drug-likeness (QED) is 0.512. The van der Waals surface area contributed by atoms with Gasteiger partial charge in [0.2, 0.25) is 10.0 Å². The number of nitrogens with zero attached hydrogens (tertiary/aromatic N) is 1. The Balaban J connectivity index is 1.82. The molecule has 196 valence electrons. The Morgan fingerprint density at radius 3 is 2.39 bits per heavy atom. The van der Waals surface area contributed by atoms with Gasteiger partial charge in [-0.2, -0.15) is 4.31 Å². The van der Waals surface area contributed by atoms with Crippen LogP contribution in [-0.2, 0) is 24.7 Å². The van der Waals surface area contributed by atoms with Crippen molar-refractivity contribution < 1.29 is 30.4 Å². The number of piperidine rings is 1. The molecular formula is C24H27BrF2N2O5S2. The molecular weight excluding hydrogens is 578 g/mol. The molecule has 2 aromatic rings. The third kappa shape index (κ3) is 6.39. The molecule has 1 aliphatic rings. The van der Waals surface area contributed by atoms with Crippen LogP contribution in [0.4, 0.5) is 8.78 Å². The van der Waals surface area contributed by atoms with E-state index in [1.165, 1.54) is 31.2 Å². The van der Waals surface area contributed by atoms with Gasteiger partial charge < -0.3 is 5.32 Å². The largest absolute Gasteiger partial charge is 0.347 e. The zero-order valence-corrected chi connectivity index (χ0v) is 23.2. The van der Waals surface area contributed by atoms with E-state index in [2.05, 4.69) is 21.2 Å². The number of alkyl halides is 1. The van der Waals surface area contributed by atoms with Gasteiger partial charge in [-0.1, -0.05) is 34.1 Å². The predicted molar refractivity (Wildman–Crippen MR) is 138 cm³/mol. The molecule has 0 bridgehead atoms. The number of sulfone groups is 1. The monoisotopic (exact) mass is 604 g/mol. The molecule has 0 aromatic heterocycles. The van der Waals surface area contributed by atoms with E-state index in [1.54, 1.807) is 25.1 Å². The molecule has 1 aliphatic heterocycles. The Morgan fingerprint density at radius 2 is 1.78 bits per heavy atom. The highest BCUT2D eigenvalue weighted by Gasteiger charge is 2.45. The third-order valence-corrected chi connectivity index (χ3v) is 9.11. The van der Waals surface area contributed by atoms with Gasteiger partial charge in [-0.05, 0) is 49.2 Å². The number of hydrogen-bond acceptors (Lipinski definition) is 5. The Bertz CT molecular complexity index is 1400. The minimum atomic E-state index is -4.10. The molecule has 1 atom stereocenters. The molecule has 0 spiro atoms. The van der Waals surface area contributed by atoms with Crippen LogP contribution in [0.2, 0.25) is 0 Å². The Hall–Kier alpha value is -2.15. The number of sulfonamides is 1. The molecule has 0 saturated carbocycles. The van der Waals surface area contributed by atoms with Crippen LogP contribution in [0.15, 0.2) is 57.3 Å². The van der Waals surface area contributed by atoms with Crippen molar-refractivity contribution >= 4 is 41.7 Å². The summed E-state index contributed by atoms with van der Waals surface area (Å²) in [6.07, 6.45) is 1.49. The first-order chi connectivity index (χ1) is 16.6. The van der Waals surface area contributed by atoms with E-state index in [-0.39, 0.29) is 30.8 Å². The molecule has 0 unspecified atom stereocenters. The van der Waals surface area contributed by atoms with Crippen LogP contribution in [0.3, 0.4) is 0 Å². The van der Waals surface area contributed by atoms with Gasteiger partial charge in [-0.25, -0.2) is 25.6 Å². The Labute approximate surface area is 218 Å². The molecule has 0 aliphatic carbocycles. The summed E-state index contributed by atoms with van der Waals surface area (Å²) in [6, 6.07) is 8.26. The third-order valence-electron chi connectivity index (χ3n) is 6.01. The average molecular weight is 606 g/mol. The van der Waals surface area contributed by atoms with Crippen molar-refractivity contribution in [2.75, 3.05) is 19.3 Å². The fourth-order valence-electron chi connectivity index (χ4n) is 3.93. The van der Waals surface area contributed by atoms with Gasteiger partial charge in [0, 0.05) is 53.7 Å². The van der Waals surface area contributed by atoms with E-state index in [0.29, 0.717) is 21.2 Å². The summed E-state index contributed by atoms with van der Waals surface area (Å²) >= 11 is 3.34. The first kappa shape index (κ1) is 28.4. The summed E-state index contributed by atoms with van der Waals surface area (Å²) in [7, 11) is -7.50. The Morgan fingerprint density at radius 1 is 1.14 bits per heavy atom. The summed E-state index contributed by atoms with van der Waals surface area (Å²) in [4.78, 5) is 12.5. The normalized spacial score (nSPS) is 17.7. The minimum absolute atomic E-state index is 0.0465. The van der Waals surface area contributed by atoms with Gasteiger partial charge in [0.05, 0.1) is 4.90 Å². The maximum Gasteiger partial charge on any atom is 0.258 e. The highest BCUT2D eigenvalue weighted by Crippen LogP contribution is 2.37. The molecule has 3 rings (SSSR count). The number of rotatable bonds is 7. The molecule has 12 heteroatoms. The van der Waals surface area contributed by atoms with Crippen LogP contribution in [0.5, 0.6) is 0 Å². The molecule has 1 heterocycles. The van der Waals surface area contributed by atoms with Gasteiger partial charge in [-0.3, -0.25) is 4.79 Å². The number of nitrogens with one attached hydrogen (secondary N) is 1. The highest BCUT2D eigenvalue weighted by molar-refractivity contribution is 9.10. The molecule has 1 N–H and O–H groups in total. The van der Waals surface area contributed by atoms with E-state index in [4.69, 9.17) is 0 Å². The summed E-state index contributed by atoms with van der Waals surface area (Å²) in [5.41, 5.74) is -1.28. The standard InChI is InChI=1S/C24H27BrF2N2O5S2/c1-16(9-14-35(3,31)32)28-23(30)24(27)10-12-29(13-11-24)36(33,34)22-8-7-18(25)15-20(22)19-5-4-6-21(26)17(19)2/h4-9,14-16H,10-13H2,1-3H3,(H,28,30)/b14-9-/t16-/m1/s1. The minimum Gasteiger partial charge on any atom is -0.347 e. The van der Waals surface area contributed by atoms with E-state index >= 15 is 4.39 Å². The zero-order valence-electron chi connectivity index (χ0n) is 20.0. The van der Waals surface area contributed by atoms with E-state index in [0.717, 1.165) is 16.0 Å². The topological polar surface area (TPSA) is 101 Å². The van der Waals surface area contributed by atoms with E-state index < -0.39 is 43.3 Å². The number of hydrogen-bond donors (Lipinski definition) is 1. The van der Waals surface area contributed by atoms with Gasteiger partial charge in [-0.15, -0.1) is 0 Å². The first-order valence-electron chi connectivity index (χ1n) is 11.1. The lowest BCUT2D eigenvalue weighted by Crippen LogP contribution is -2.53.